The van der Waals surface area contributed by atoms with Crippen LogP contribution in [-0.4, -0.2) is 23.9 Å². The largest absolute Gasteiger partial charge is 0.331 e. The highest BCUT2D eigenvalue weighted by Gasteiger charge is 2.12. The van der Waals surface area contributed by atoms with E-state index in [0.717, 1.165) is 0 Å². The van der Waals surface area contributed by atoms with Gasteiger partial charge in [0.25, 0.3) is 5.56 Å². The van der Waals surface area contributed by atoms with Crippen molar-refractivity contribution in [3.63, 3.8) is 0 Å². The molecule has 0 spiro atoms. The second-order valence-electron chi connectivity index (χ2n) is 6.61. The second kappa shape index (κ2) is 8.19. The number of hydrogen-bond acceptors (Lipinski definition) is 4. The predicted octanol–water partition coefficient (Wildman–Crippen LogP) is 2.70. The van der Waals surface area contributed by atoms with Crippen LogP contribution in [0.15, 0.2) is 58.6 Å². The van der Waals surface area contributed by atoms with E-state index in [0.29, 0.717) is 38.6 Å². The van der Waals surface area contributed by atoms with Crippen LogP contribution < -0.4 is 11.2 Å². The molecule has 0 aliphatic rings. The van der Waals surface area contributed by atoms with Crippen LogP contribution in [0.3, 0.4) is 0 Å². The standard InChI is InChI=1S/C21H15Cl2N5O2/c1-26-19-7-5-14(3-2-8-27-13-24-12-25-27)9-16(19)20(29)28(21(26)30)11-15-4-6-17(22)18(23)10-15/h4-7,9-10,12-13H,8,11H2,1H3. The number of nitrogens with zero attached hydrogens (tertiary/aromatic N) is 5. The molecule has 30 heavy (non-hydrogen) atoms. The smallest absolute Gasteiger partial charge is 0.296 e. The van der Waals surface area contributed by atoms with Crippen molar-refractivity contribution in [1.82, 2.24) is 23.9 Å². The monoisotopic (exact) mass is 439 g/mol. The highest BCUT2D eigenvalue weighted by atomic mass is 35.5. The van der Waals surface area contributed by atoms with Gasteiger partial charge >= 0.3 is 5.69 Å². The van der Waals surface area contributed by atoms with E-state index in [1.807, 2.05) is 0 Å². The first-order valence-electron chi connectivity index (χ1n) is 8.93. The number of fused-ring (bicyclic) bond motifs is 1. The van der Waals surface area contributed by atoms with Crippen LogP contribution in [0.25, 0.3) is 10.9 Å². The lowest BCUT2D eigenvalue weighted by atomic mass is 10.1. The zero-order valence-electron chi connectivity index (χ0n) is 15.8. The number of aryl methyl sites for hydroxylation is 1. The van der Waals surface area contributed by atoms with Crippen molar-refractivity contribution in [1.29, 1.82) is 0 Å². The van der Waals surface area contributed by atoms with Crippen molar-refractivity contribution in [2.45, 2.75) is 13.1 Å². The average Bonchev–Trinajstić information content (AvgIpc) is 3.25. The zero-order valence-corrected chi connectivity index (χ0v) is 17.4. The molecule has 2 aromatic heterocycles. The van der Waals surface area contributed by atoms with Crippen LogP contribution in [0.5, 0.6) is 0 Å². The maximum Gasteiger partial charge on any atom is 0.331 e. The third kappa shape index (κ3) is 3.88. The SMILES string of the molecule is Cn1c(=O)n(Cc2ccc(Cl)c(Cl)c2)c(=O)c2cc(C#CCn3cncn3)ccc21. The zero-order chi connectivity index (χ0) is 21.3. The van der Waals surface area contributed by atoms with Crippen LogP contribution in [0.1, 0.15) is 11.1 Å². The summed E-state index contributed by atoms with van der Waals surface area (Å²) in [5.74, 6) is 6.00. The molecule has 4 aromatic rings. The van der Waals surface area contributed by atoms with E-state index in [1.165, 1.54) is 15.5 Å². The van der Waals surface area contributed by atoms with Crippen molar-refractivity contribution in [3.8, 4) is 11.8 Å². The highest BCUT2D eigenvalue weighted by molar-refractivity contribution is 6.42. The van der Waals surface area contributed by atoms with Crippen LogP contribution in [-0.2, 0) is 20.1 Å². The molecule has 0 amide bonds. The van der Waals surface area contributed by atoms with Gasteiger partial charge in [-0.15, -0.1) is 0 Å². The average molecular weight is 440 g/mol. The van der Waals surface area contributed by atoms with Crippen molar-refractivity contribution in [2.75, 3.05) is 0 Å². The van der Waals surface area contributed by atoms with Gasteiger partial charge in [-0.1, -0.05) is 41.1 Å². The summed E-state index contributed by atoms with van der Waals surface area (Å²) >= 11 is 12.0. The Hall–Kier alpha value is -3.34. The normalized spacial score (nSPS) is 10.8. The summed E-state index contributed by atoms with van der Waals surface area (Å²) in [6, 6.07) is 10.2. The first kappa shape index (κ1) is 20.0. The topological polar surface area (TPSA) is 74.7 Å². The number of halogens is 2. The maximum atomic E-state index is 13.1. The van der Waals surface area contributed by atoms with Crippen LogP contribution in [0.2, 0.25) is 10.0 Å². The lowest BCUT2D eigenvalue weighted by molar-refractivity contribution is 0.660. The van der Waals surface area contributed by atoms with Crippen molar-refractivity contribution in [3.05, 3.63) is 91.1 Å². The fourth-order valence-corrected chi connectivity index (χ4v) is 3.41. The minimum absolute atomic E-state index is 0.0839. The molecule has 0 fully saturated rings. The maximum absolute atomic E-state index is 13.1. The van der Waals surface area contributed by atoms with Crippen molar-refractivity contribution < 1.29 is 0 Å². The quantitative estimate of drug-likeness (QED) is 0.460. The molecule has 0 unspecified atom stereocenters. The van der Waals surface area contributed by atoms with Gasteiger partial charge in [0, 0.05) is 12.6 Å². The van der Waals surface area contributed by atoms with Gasteiger partial charge in [-0.3, -0.25) is 13.9 Å². The van der Waals surface area contributed by atoms with E-state index in [1.54, 1.807) is 54.5 Å². The summed E-state index contributed by atoms with van der Waals surface area (Å²) in [6.45, 7) is 0.466. The molecule has 4 rings (SSSR count). The number of rotatable bonds is 3. The Morgan fingerprint density at radius 1 is 1.07 bits per heavy atom. The van der Waals surface area contributed by atoms with Crippen LogP contribution in [0, 0.1) is 11.8 Å². The number of benzene rings is 2. The molecule has 0 N–H and O–H groups in total. The Kier molecular flexibility index (Phi) is 5.44. The fraction of sp³-hybridized carbons (Fsp3) is 0.143. The molecule has 0 saturated heterocycles. The molecule has 0 radical (unpaired) electrons. The van der Waals surface area contributed by atoms with E-state index in [9.17, 15) is 9.59 Å². The third-order valence-corrected chi connectivity index (χ3v) is 5.36. The summed E-state index contributed by atoms with van der Waals surface area (Å²) in [6.07, 6.45) is 3.01. The summed E-state index contributed by atoms with van der Waals surface area (Å²) in [7, 11) is 1.63. The third-order valence-electron chi connectivity index (χ3n) is 4.62. The Morgan fingerprint density at radius 3 is 2.63 bits per heavy atom. The van der Waals surface area contributed by atoms with Gasteiger partial charge in [-0.2, -0.15) is 5.10 Å². The molecule has 0 saturated carbocycles. The van der Waals surface area contributed by atoms with Gasteiger partial charge < -0.3 is 0 Å². The molecular formula is C21H15Cl2N5O2. The fourth-order valence-electron chi connectivity index (χ4n) is 3.09. The minimum atomic E-state index is -0.413. The summed E-state index contributed by atoms with van der Waals surface area (Å²) in [5.41, 5.74) is 1.10. The first-order valence-corrected chi connectivity index (χ1v) is 9.68. The van der Waals surface area contributed by atoms with E-state index >= 15 is 0 Å². The number of hydrogen-bond donors (Lipinski definition) is 0. The second-order valence-corrected chi connectivity index (χ2v) is 7.42. The molecule has 9 heteroatoms. The van der Waals surface area contributed by atoms with Gasteiger partial charge in [-0.25, -0.2) is 14.5 Å². The molecule has 2 heterocycles. The molecule has 7 nitrogen and oxygen atoms in total. The van der Waals surface area contributed by atoms with Crippen LogP contribution >= 0.6 is 23.2 Å². The lowest BCUT2D eigenvalue weighted by Crippen LogP contribution is -2.39. The van der Waals surface area contributed by atoms with Gasteiger partial charge in [0.15, 0.2) is 0 Å². The Morgan fingerprint density at radius 2 is 1.90 bits per heavy atom. The van der Waals surface area contributed by atoms with E-state index in [4.69, 9.17) is 23.2 Å². The van der Waals surface area contributed by atoms with Gasteiger partial charge in [0.05, 0.1) is 27.5 Å². The molecule has 2 aromatic carbocycles. The van der Waals surface area contributed by atoms with Crippen molar-refractivity contribution >= 4 is 34.1 Å². The van der Waals surface area contributed by atoms with E-state index in [2.05, 4.69) is 21.9 Å². The Bertz CT molecular complexity index is 1430. The molecule has 0 bridgehead atoms. The predicted molar refractivity (Wildman–Crippen MR) is 116 cm³/mol. The Labute approximate surface area is 181 Å². The lowest BCUT2D eigenvalue weighted by Gasteiger charge is -2.11. The molecule has 0 atom stereocenters. The first-order chi connectivity index (χ1) is 14.4. The van der Waals surface area contributed by atoms with E-state index < -0.39 is 5.69 Å². The summed E-state index contributed by atoms with van der Waals surface area (Å²) in [5, 5.41) is 5.17. The number of aromatic nitrogens is 5. The van der Waals surface area contributed by atoms with Crippen molar-refractivity contribution in [2.24, 2.45) is 7.05 Å². The van der Waals surface area contributed by atoms with Crippen LogP contribution in [0.4, 0.5) is 0 Å². The molecular weight excluding hydrogens is 425 g/mol. The summed E-state index contributed by atoms with van der Waals surface area (Å²) < 4.78 is 4.22. The van der Waals surface area contributed by atoms with Gasteiger partial charge in [-0.05, 0) is 35.9 Å². The minimum Gasteiger partial charge on any atom is -0.296 e. The summed E-state index contributed by atoms with van der Waals surface area (Å²) in [4.78, 5) is 29.7. The highest BCUT2D eigenvalue weighted by Crippen LogP contribution is 2.22. The molecule has 150 valence electrons. The molecule has 0 aliphatic heterocycles. The van der Waals surface area contributed by atoms with E-state index in [-0.39, 0.29) is 12.1 Å². The Balaban J connectivity index is 1.76. The van der Waals surface area contributed by atoms with Gasteiger partial charge in [0.2, 0.25) is 0 Å². The van der Waals surface area contributed by atoms with Gasteiger partial charge in [0.1, 0.15) is 19.2 Å². The molecule has 0 aliphatic carbocycles.